The highest BCUT2D eigenvalue weighted by molar-refractivity contribution is 7.91. The van der Waals surface area contributed by atoms with Crippen LogP contribution in [0.1, 0.15) is 0 Å². The summed E-state index contributed by atoms with van der Waals surface area (Å²) in [4.78, 5) is 0. The summed E-state index contributed by atoms with van der Waals surface area (Å²) in [6, 6.07) is 0. The summed E-state index contributed by atoms with van der Waals surface area (Å²) in [7, 11) is -3.15. The van der Waals surface area contributed by atoms with Crippen LogP contribution in [-0.2, 0) is 9.84 Å². The van der Waals surface area contributed by atoms with Crippen molar-refractivity contribution in [1.82, 2.24) is 0 Å². The first kappa shape index (κ1) is 11.2. The fraction of sp³-hybridized carbons (Fsp3) is 0.600. The first-order valence-corrected chi connectivity index (χ1v) is 5.50. The van der Waals surface area contributed by atoms with Gasteiger partial charge in [-0.25, -0.2) is 8.42 Å². The second-order valence-electron chi connectivity index (χ2n) is 1.94. The fourth-order valence-electron chi connectivity index (χ4n) is 0.493. The molecule has 66 valence electrons. The average molecular weight is 218 g/mol. The number of halogens is 2. The molecule has 0 spiro atoms. The molecular weight excluding hydrogens is 209 g/mol. The van der Waals surface area contributed by atoms with Crippen molar-refractivity contribution in [1.29, 1.82) is 0 Å². The van der Waals surface area contributed by atoms with Crippen LogP contribution >= 0.6 is 23.2 Å². The highest BCUT2D eigenvalue weighted by Crippen LogP contribution is 2.07. The normalized spacial score (nSPS) is 13.5. The van der Waals surface area contributed by atoms with Gasteiger partial charge in [-0.05, 0) is 0 Å². The quantitative estimate of drug-likeness (QED) is 0.754. The van der Waals surface area contributed by atoms with Crippen LogP contribution in [0.3, 0.4) is 0 Å². The Morgan fingerprint density at radius 3 is 2.45 bits per heavy atom. The van der Waals surface area contributed by atoms with E-state index in [4.69, 9.17) is 28.9 Å². The molecule has 0 aliphatic rings. The molecule has 0 aliphatic heterocycles. The van der Waals surface area contributed by atoms with Crippen LogP contribution in [0, 0.1) is 0 Å². The van der Waals surface area contributed by atoms with Gasteiger partial charge < -0.3 is 5.73 Å². The second kappa shape index (κ2) is 4.98. The van der Waals surface area contributed by atoms with Crippen molar-refractivity contribution in [2.75, 3.05) is 18.1 Å². The van der Waals surface area contributed by atoms with E-state index in [1.807, 2.05) is 0 Å². The van der Waals surface area contributed by atoms with Crippen LogP contribution in [0.5, 0.6) is 0 Å². The maximum atomic E-state index is 10.9. The predicted molar refractivity (Wildman–Crippen MR) is 47.5 cm³/mol. The lowest BCUT2D eigenvalue weighted by atomic mass is 10.7. The van der Waals surface area contributed by atoms with Gasteiger partial charge in [-0.2, -0.15) is 0 Å². The minimum Gasteiger partial charge on any atom is -0.329 e. The topological polar surface area (TPSA) is 60.2 Å². The second-order valence-corrected chi connectivity index (χ2v) is 4.82. The monoisotopic (exact) mass is 217 g/mol. The summed E-state index contributed by atoms with van der Waals surface area (Å²) >= 11 is 10.6. The molecule has 0 unspecified atom stereocenters. The van der Waals surface area contributed by atoms with E-state index >= 15 is 0 Å². The van der Waals surface area contributed by atoms with Crippen LogP contribution in [0.2, 0.25) is 0 Å². The van der Waals surface area contributed by atoms with Gasteiger partial charge in [-0.1, -0.05) is 23.2 Å². The third-order valence-electron chi connectivity index (χ3n) is 0.905. The predicted octanol–water partition coefficient (Wildman–Crippen LogP) is 0.679. The number of hydrogen-bond donors (Lipinski definition) is 1. The third-order valence-corrected chi connectivity index (χ3v) is 3.29. The van der Waals surface area contributed by atoms with Crippen molar-refractivity contribution < 1.29 is 8.42 Å². The van der Waals surface area contributed by atoms with Crippen LogP contribution in [0.15, 0.2) is 10.6 Å². The maximum absolute atomic E-state index is 10.9. The highest BCUT2D eigenvalue weighted by atomic mass is 35.5. The molecule has 0 saturated carbocycles. The number of rotatable bonds is 4. The van der Waals surface area contributed by atoms with Crippen molar-refractivity contribution in [3.63, 3.8) is 0 Å². The average Bonchev–Trinajstić information content (AvgIpc) is 1.86. The first-order valence-electron chi connectivity index (χ1n) is 2.87. The van der Waals surface area contributed by atoms with Gasteiger partial charge in [0, 0.05) is 17.1 Å². The van der Waals surface area contributed by atoms with Crippen LogP contribution in [-0.4, -0.2) is 26.5 Å². The molecule has 11 heavy (non-hydrogen) atoms. The van der Waals surface area contributed by atoms with E-state index < -0.39 is 9.84 Å². The van der Waals surface area contributed by atoms with Gasteiger partial charge in [0.05, 0.1) is 11.5 Å². The fourth-order valence-corrected chi connectivity index (χ4v) is 2.17. The molecule has 0 aliphatic carbocycles. The van der Waals surface area contributed by atoms with Crippen molar-refractivity contribution in [2.24, 2.45) is 5.73 Å². The van der Waals surface area contributed by atoms with E-state index in [0.717, 1.165) is 5.54 Å². The minimum atomic E-state index is -3.15. The Balaban J connectivity index is 4.14. The molecule has 0 rings (SSSR count). The molecule has 3 nitrogen and oxygen atoms in total. The molecule has 2 N–H and O–H groups in total. The largest absolute Gasteiger partial charge is 0.329 e. The lowest BCUT2D eigenvalue weighted by Crippen LogP contribution is -2.18. The molecule has 0 bridgehead atoms. The summed E-state index contributed by atoms with van der Waals surface area (Å²) in [5.41, 5.74) is 6.09. The summed E-state index contributed by atoms with van der Waals surface area (Å²) in [5, 5.41) is 0.111. The Labute approximate surface area is 76.1 Å². The van der Waals surface area contributed by atoms with Gasteiger partial charge in [0.1, 0.15) is 0 Å². The van der Waals surface area contributed by atoms with Crippen molar-refractivity contribution in [3.8, 4) is 0 Å². The zero-order valence-electron chi connectivity index (χ0n) is 5.76. The summed E-state index contributed by atoms with van der Waals surface area (Å²) in [6.45, 7) is 0.106. The molecule has 0 aromatic rings. The van der Waals surface area contributed by atoms with Gasteiger partial charge in [-0.15, -0.1) is 0 Å². The van der Waals surface area contributed by atoms with Crippen molar-refractivity contribution in [3.05, 3.63) is 10.6 Å². The Bertz CT molecular complexity index is 235. The summed E-state index contributed by atoms with van der Waals surface area (Å²) in [5.74, 6) is -0.288. The Hall–Kier alpha value is 0.230. The molecule has 0 aromatic heterocycles. The van der Waals surface area contributed by atoms with Crippen LogP contribution in [0.25, 0.3) is 0 Å². The molecular formula is C5H9Cl2NO2S. The molecule has 6 heteroatoms. The van der Waals surface area contributed by atoms with Crippen LogP contribution in [0.4, 0.5) is 0 Å². The van der Waals surface area contributed by atoms with E-state index in [1.54, 1.807) is 0 Å². The molecule has 0 aromatic carbocycles. The smallest absolute Gasteiger partial charge is 0.156 e. The van der Waals surface area contributed by atoms with Crippen molar-refractivity contribution in [2.45, 2.75) is 0 Å². The summed E-state index contributed by atoms with van der Waals surface area (Å²) < 4.78 is 21.9. The molecule has 0 amide bonds. The lowest BCUT2D eigenvalue weighted by molar-refractivity contribution is 0.598. The molecule has 0 radical (unpaired) electrons. The van der Waals surface area contributed by atoms with Gasteiger partial charge in [0.15, 0.2) is 9.84 Å². The Morgan fingerprint density at radius 2 is 2.09 bits per heavy atom. The van der Waals surface area contributed by atoms with E-state index in [9.17, 15) is 8.42 Å². The van der Waals surface area contributed by atoms with Gasteiger partial charge >= 0.3 is 0 Å². The zero-order valence-corrected chi connectivity index (χ0v) is 8.09. The Kier molecular flexibility index (Phi) is 5.08. The molecule has 0 saturated heterocycles. The third kappa shape index (κ3) is 5.49. The minimum absolute atomic E-state index is 0.0616. The van der Waals surface area contributed by atoms with E-state index in [2.05, 4.69) is 0 Å². The molecule has 0 fully saturated rings. The number of hydrogen-bond acceptors (Lipinski definition) is 3. The van der Waals surface area contributed by atoms with Gasteiger partial charge in [0.2, 0.25) is 0 Å². The lowest BCUT2D eigenvalue weighted by Gasteiger charge is -1.99. The van der Waals surface area contributed by atoms with Crippen molar-refractivity contribution >= 4 is 33.0 Å². The standard InChI is InChI=1S/C5H9Cl2NO2S/c6-3-5(7)4-11(9,10)2-1-8/h3H,1-2,4,8H2/b5-3-. The summed E-state index contributed by atoms with van der Waals surface area (Å²) in [6.07, 6.45) is 0. The first-order chi connectivity index (χ1) is 5.02. The van der Waals surface area contributed by atoms with Crippen LogP contribution < -0.4 is 5.73 Å². The SMILES string of the molecule is NCCS(=O)(=O)C/C(Cl)=C/Cl. The molecule has 0 heterocycles. The highest BCUT2D eigenvalue weighted by Gasteiger charge is 2.10. The van der Waals surface area contributed by atoms with Gasteiger partial charge in [0.25, 0.3) is 0 Å². The number of nitrogens with two attached hydrogens (primary N) is 1. The van der Waals surface area contributed by atoms with E-state index in [1.165, 1.54) is 0 Å². The zero-order chi connectivity index (χ0) is 8.91. The maximum Gasteiger partial charge on any atom is 0.156 e. The van der Waals surface area contributed by atoms with E-state index in [0.29, 0.717) is 0 Å². The molecule has 0 atom stereocenters. The Morgan fingerprint density at radius 1 is 1.55 bits per heavy atom. The number of sulfone groups is 1. The van der Waals surface area contributed by atoms with Gasteiger partial charge in [-0.3, -0.25) is 0 Å². The van der Waals surface area contributed by atoms with E-state index in [-0.39, 0.29) is 23.1 Å².